The summed E-state index contributed by atoms with van der Waals surface area (Å²) in [6.45, 7) is 1.29. The van der Waals surface area contributed by atoms with E-state index in [1.807, 2.05) is 6.07 Å². The molecule has 1 aromatic heterocycles. The van der Waals surface area contributed by atoms with Crippen LogP contribution in [-0.2, 0) is 4.74 Å². The van der Waals surface area contributed by atoms with Crippen LogP contribution in [0.3, 0.4) is 0 Å². The minimum atomic E-state index is 0.485. The molecule has 7 heteroatoms. The molecular formula is C14H17ClN4O2. The highest BCUT2D eigenvalue weighted by atomic mass is 35.5. The molecule has 0 bridgehead atoms. The number of hydrogen-bond acceptors (Lipinski definition) is 6. The van der Waals surface area contributed by atoms with E-state index in [0.717, 1.165) is 11.5 Å². The van der Waals surface area contributed by atoms with Crippen molar-refractivity contribution in [3.05, 3.63) is 35.5 Å². The van der Waals surface area contributed by atoms with Gasteiger partial charge in [0.2, 0.25) is 5.95 Å². The van der Waals surface area contributed by atoms with E-state index >= 15 is 0 Å². The molecule has 0 saturated heterocycles. The van der Waals surface area contributed by atoms with Gasteiger partial charge in [0.15, 0.2) is 0 Å². The van der Waals surface area contributed by atoms with Gasteiger partial charge in [-0.2, -0.15) is 4.98 Å². The number of rotatable bonds is 7. The number of ether oxygens (including phenoxy) is 2. The summed E-state index contributed by atoms with van der Waals surface area (Å²) in [5.41, 5.74) is 0.787. The third-order valence-corrected chi connectivity index (χ3v) is 2.97. The molecule has 0 spiro atoms. The van der Waals surface area contributed by atoms with Gasteiger partial charge in [-0.25, -0.2) is 4.98 Å². The smallest absolute Gasteiger partial charge is 0.229 e. The predicted octanol–water partition coefficient (Wildman–Crippen LogP) is 2.94. The van der Waals surface area contributed by atoms with Gasteiger partial charge in [0.05, 0.1) is 18.7 Å². The van der Waals surface area contributed by atoms with Crippen molar-refractivity contribution in [1.82, 2.24) is 9.97 Å². The molecule has 0 saturated carbocycles. The fourth-order valence-electron chi connectivity index (χ4n) is 1.67. The summed E-state index contributed by atoms with van der Waals surface area (Å²) in [5.74, 6) is 1.83. The van der Waals surface area contributed by atoms with Crippen LogP contribution in [0.2, 0.25) is 5.02 Å². The van der Waals surface area contributed by atoms with Crippen LogP contribution in [0.25, 0.3) is 0 Å². The van der Waals surface area contributed by atoms with Crippen molar-refractivity contribution >= 4 is 29.1 Å². The van der Waals surface area contributed by atoms with E-state index < -0.39 is 0 Å². The Kier molecular flexibility index (Phi) is 5.59. The maximum Gasteiger partial charge on any atom is 0.229 e. The highest BCUT2D eigenvalue weighted by Crippen LogP contribution is 2.28. The van der Waals surface area contributed by atoms with Gasteiger partial charge in [-0.05, 0) is 24.3 Å². The first-order valence-corrected chi connectivity index (χ1v) is 6.77. The first kappa shape index (κ1) is 15.3. The van der Waals surface area contributed by atoms with Crippen molar-refractivity contribution in [2.45, 2.75) is 0 Å². The summed E-state index contributed by atoms with van der Waals surface area (Å²) in [7, 11) is 3.23. The maximum absolute atomic E-state index is 6.08. The number of nitrogens with one attached hydrogen (secondary N) is 2. The summed E-state index contributed by atoms with van der Waals surface area (Å²) in [4.78, 5) is 8.52. The molecule has 2 N–H and O–H groups in total. The van der Waals surface area contributed by atoms with Gasteiger partial charge in [-0.1, -0.05) is 11.6 Å². The second-order valence-corrected chi connectivity index (χ2v) is 4.57. The van der Waals surface area contributed by atoms with Crippen molar-refractivity contribution in [1.29, 1.82) is 0 Å². The van der Waals surface area contributed by atoms with Gasteiger partial charge in [-0.3, -0.25) is 0 Å². The summed E-state index contributed by atoms with van der Waals surface area (Å²) in [6, 6.07) is 7.18. The van der Waals surface area contributed by atoms with E-state index in [1.54, 1.807) is 38.6 Å². The van der Waals surface area contributed by atoms with Crippen molar-refractivity contribution in [2.75, 3.05) is 38.0 Å². The van der Waals surface area contributed by atoms with Crippen molar-refractivity contribution < 1.29 is 9.47 Å². The quantitative estimate of drug-likeness (QED) is 0.767. The molecule has 1 aromatic carbocycles. The largest absolute Gasteiger partial charge is 0.495 e. The third kappa shape index (κ3) is 4.47. The van der Waals surface area contributed by atoms with Crippen LogP contribution in [0.5, 0.6) is 5.75 Å². The molecule has 1 heterocycles. The zero-order valence-corrected chi connectivity index (χ0v) is 12.6. The lowest BCUT2D eigenvalue weighted by Gasteiger charge is -2.09. The normalized spacial score (nSPS) is 10.2. The van der Waals surface area contributed by atoms with E-state index in [2.05, 4.69) is 20.6 Å². The zero-order chi connectivity index (χ0) is 15.1. The first-order chi connectivity index (χ1) is 10.2. The minimum Gasteiger partial charge on any atom is -0.495 e. The summed E-state index contributed by atoms with van der Waals surface area (Å²) in [6.07, 6.45) is 1.68. The number of aromatic nitrogens is 2. The summed E-state index contributed by atoms with van der Waals surface area (Å²) >= 11 is 6.08. The Morgan fingerprint density at radius 2 is 2.10 bits per heavy atom. The van der Waals surface area contributed by atoms with Gasteiger partial charge >= 0.3 is 0 Å². The number of anilines is 3. The minimum absolute atomic E-state index is 0.485. The van der Waals surface area contributed by atoms with Gasteiger partial charge in [0.1, 0.15) is 11.6 Å². The fourth-order valence-corrected chi connectivity index (χ4v) is 1.93. The average Bonchev–Trinajstić information content (AvgIpc) is 2.48. The topological polar surface area (TPSA) is 68.3 Å². The molecule has 0 radical (unpaired) electrons. The predicted molar refractivity (Wildman–Crippen MR) is 83.7 cm³/mol. The highest BCUT2D eigenvalue weighted by Gasteiger charge is 2.04. The number of benzene rings is 1. The molecule has 21 heavy (non-hydrogen) atoms. The SMILES string of the molecule is COCCNc1ccnc(Nc2ccc(OC)c(Cl)c2)n1. The van der Waals surface area contributed by atoms with Crippen LogP contribution in [0, 0.1) is 0 Å². The van der Waals surface area contributed by atoms with Gasteiger partial charge < -0.3 is 20.1 Å². The molecule has 0 unspecified atom stereocenters. The van der Waals surface area contributed by atoms with Gasteiger partial charge in [-0.15, -0.1) is 0 Å². The van der Waals surface area contributed by atoms with Crippen LogP contribution in [0.1, 0.15) is 0 Å². The molecular weight excluding hydrogens is 292 g/mol. The Labute approximate surface area is 128 Å². The number of halogens is 1. The Bertz CT molecular complexity index is 595. The van der Waals surface area contributed by atoms with Crippen LogP contribution in [0.4, 0.5) is 17.5 Å². The van der Waals surface area contributed by atoms with Crippen LogP contribution >= 0.6 is 11.6 Å². The van der Waals surface area contributed by atoms with Crippen LogP contribution < -0.4 is 15.4 Å². The Hall–Kier alpha value is -2.05. The molecule has 112 valence electrons. The molecule has 0 aliphatic heterocycles. The monoisotopic (exact) mass is 308 g/mol. The number of methoxy groups -OCH3 is 2. The van der Waals surface area contributed by atoms with Crippen molar-refractivity contribution in [2.24, 2.45) is 0 Å². The van der Waals surface area contributed by atoms with Crippen LogP contribution in [0.15, 0.2) is 30.5 Å². The third-order valence-electron chi connectivity index (χ3n) is 2.68. The molecule has 0 aliphatic carbocycles. The maximum atomic E-state index is 6.08. The Morgan fingerprint density at radius 3 is 2.81 bits per heavy atom. The average molecular weight is 309 g/mol. The molecule has 0 aliphatic rings. The van der Waals surface area contributed by atoms with Gasteiger partial charge in [0, 0.05) is 25.5 Å². The van der Waals surface area contributed by atoms with E-state index in [1.165, 1.54) is 0 Å². The molecule has 6 nitrogen and oxygen atoms in total. The van der Waals surface area contributed by atoms with E-state index in [9.17, 15) is 0 Å². The van der Waals surface area contributed by atoms with E-state index in [-0.39, 0.29) is 0 Å². The fraction of sp³-hybridized carbons (Fsp3) is 0.286. The van der Waals surface area contributed by atoms with Gasteiger partial charge in [0.25, 0.3) is 0 Å². The highest BCUT2D eigenvalue weighted by molar-refractivity contribution is 6.32. The first-order valence-electron chi connectivity index (χ1n) is 6.39. The second kappa shape index (κ2) is 7.66. The summed E-state index contributed by atoms with van der Waals surface area (Å²) < 4.78 is 10.1. The lowest BCUT2D eigenvalue weighted by atomic mass is 10.3. The molecule has 0 atom stereocenters. The van der Waals surface area contributed by atoms with E-state index in [4.69, 9.17) is 21.1 Å². The second-order valence-electron chi connectivity index (χ2n) is 4.16. The van der Waals surface area contributed by atoms with Crippen LogP contribution in [-0.4, -0.2) is 37.3 Å². The zero-order valence-electron chi connectivity index (χ0n) is 11.9. The molecule has 0 amide bonds. The molecule has 2 rings (SSSR count). The molecule has 2 aromatic rings. The van der Waals surface area contributed by atoms with Crippen molar-refractivity contribution in [3.63, 3.8) is 0 Å². The standard InChI is InChI=1S/C14H17ClN4O2/c1-20-8-7-16-13-5-6-17-14(19-13)18-10-3-4-12(21-2)11(15)9-10/h3-6,9H,7-8H2,1-2H3,(H2,16,17,18,19). The lowest BCUT2D eigenvalue weighted by molar-refractivity contribution is 0.210. The lowest BCUT2D eigenvalue weighted by Crippen LogP contribution is -2.09. The number of nitrogens with zero attached hydrogens (tertiary/aromatic N) is 2. The molecule has 0 fully saturated rings. The van der Waals surface area contributed by atoms with Crippen molar-refractivity contribution in [3.8, 4) is 5.75 Å². The Balaban J connectivity index is 2.05. The number of hydrogen-bond donors (Lipinski definition) is 2. The Morgan fingerprint density at radius 1 is 1.24 bits per heavy atom. The summed E-state index contributed by atoms with van der Waals surface area (Å²) in [5, 5.41) is 6.76. The van der Waals surface area contributed by atoms with E-state index in [0.29, 0.717) is 29.9 Å².